The van der Waals surface area contributed by atoms with Crippen molar-refractivity contribution < 1.29 is 14.6 Å². The number of nitrogens with zero attached hydrogens (tertiary/aromatic N) is 1. The molecule has 0 aliphatic heterocycles. The molecule has 0 saturated carbocycles. The number of pyridine rings is 1. The van der Waals surface area contributed by atoms with Crippen molar-refractivity contribution >= 4 is 17.6 Å². The van der Waals surface area contributed by atoms with E-state index < -0.39 is 5.97 Å². The van der Waals surface area contributed by atoms with E-state index in [2.05, 4.69) is 4.98 Å². The predicted octanol–water partition coefficient (Wildman–Crippen LogP) is 3.57. The van der Waals surface area contributed by atoms with Crippen LogP contribution < -0.4 is 4.74 Å². The lowest BCUT2D eigenvalue weighted by molar-refractivity contribution is 0.0689. The maximum atomic E-state index is 11.1. The van der Waals surface area contributed by atoms with Crippen LogP contribution in [0.3, 0.4) is 0 Å². The summed E-state index contributed by atoms with van der Waals surface area (Å²) in [5.41, 5.74) is 0.967. The second kappa shape index (κ2) is 5.71. The Labute approximate surface area is 115 Å². The number of halogens is 1. The highest BCUT2D eigenvalue weighted by Gasteiger charge is 2.15. The van der Waals surface area contributed by atoms with Crippen LogP contribution in [0.2, 0.25) is 5.02 Å². The SMILES string of the molecule is CC(Oc1ccc(Cl)cc1C(=O)O)c1ccncc1. The number of benzene rings is 1. The standard InChI is InChI=1S/C14H12ClNO3/c1-9(10-4-6-16-7-5-10)19-13-3-2-11(15)8-12(13)14(17)18/h2-9H,1H3,(H,17,18). The van der Waals surface area contributed by atoms with Crippen LogP contribution in [0.15, 0.2) is 42.7 Å². The predicted molar refractivity (Wildman–Crippen MR) is 71.7 cm³/mol. The Kier molecular flexibility index (Phi) is 4.02. The molecule has 1 N–H and O–H groups in total. The second-order valence-electron chi connectivity index (χ2n) is 3.99. The molecule has 0 saturated heterocycles. The third-order valence-corrected chi connectivity index (χ3v) is 2.89. The van der Waals surface area contributed by atoms with Gasteiger partial charge in [0.15, 0.2) is 0 Å². The molecule has 1 atom stereocenters. The molecule has 0 radical (unpaired) electrons. The first-order chi connectivity index (χ1) is 9.08. The lowest BCUT2D eigenvalue weighted by atomic mass is 10.1. The lowest BCUT2D eigenvalue weighted by Crippen LogP contribution is -2.07. The third-order valence-electron chi connectivity index (χ3n) is 2.65. The maximum Gasteiger partial charge on any atom is 0.339 e. The van der Waals surface area contributed by atoms with Crippen LogP contribution in [0.4, 0.5) is 0 Å². The van der Waals surface area contributed by atoms with Gasteiger partial charge >= 0.3 is 5.97 Å². The Morgan fingerprint density at radius 1 is 1.32 bits per heavy atom. The Bertz CT molecular complexity index is 586. The highest BCUT2D eigenvalue weighted by Crippen LogP contribution is 2.27. The molecule has 0 aliphatic rings. The maximum absolute atomic E-state index is 11.1. The number of carbonyl (C=O) groups is 1. The Balaban J connectivity index is 2.26. The fourth-order valence-corrected chi connectivity index (χ4v) is 1.84. The van der Waals surface area contributed by atoms with Crippen LogP contribution in [0, 0.1) is 0 Å². The summed E-state index contributed by atoms with van der Waals surface area (Å²) in [5, 5.41) is 9.49. The molecule has 1 aromatic heterocycles. The molecule has 0 bridgehead atoms. The van der Waals surface area contributed by atoms with Crippen molar-refractivity contribution in [2.75, 3.05) is 0 Å². The summed E-state index contributed by atoms with van der Waals surface area (Å²) < 4.78 is 5.68. The number of rotatable bonds is 4. The highest BCUT2D eigenvalue weighted by atomic mass is 35.5. The van der Waals surface area contributed by atoms with Gasteiger partial charge in [0.25, 0.3) is 0 Å². The van der Waals surface area contributed by atoms with E-state index in [-0.39, 0.29) is 11.7 Å². The van der Waals surface area contributed by atoms with E-state index in [9.17, 15) is 4.79 Å². The van der Waals surface area contributed by atoms with Crippen molar-refractivity contribution in [3.05, 3.63) is 58.9 Å². The molecule has 0 spiro atoms. The quantitative estimate of drug-likeness (QED) is 0.928. The van der Waals surface area contributed by atoms with Crippen LogP contribution in [-0.2, 0) is 0 Å². The zero-order valence-electron chi connectivity index (χ0n) is 10.2. The number of ether oxygens (including phenoxy) is 1. The van der Waals surface area contributed by atoms with Gasteiger partial charge in [-0.3, -0.25) is 4.98 Å². The highest BCUT2D eigenvalue weighted by molar-refractivity contribution is 6.31. The van der Waals surface area contributed by atoms with Crippen molar-refractivity contribution in [3.63, 3.8) is 0 Å². The molecular weight excluding hydrogens is 266 g/mol. The first kappa shape index (κ1) is 13.4. The zero-order chi connectivity index (χ0) is 13.8. The molecule has 4 nitrogen and oxygen atoms in total. The molecule has 98 valence electrons. The van der Waals surface area contributed by atoms with Crippen molar-refractivity contribution in [2.24, 2.45) is 0 Å². The summed E-state index contributed by atoms with van der Waals surface area (Å²) in [6.45, 7) is 1.84. The van der Waals surface area contributed by atoms with Crippen LogP contribution >= 0.6 is 11.6 Å². The minimum Gasteiger partial charge on any atom is -0.485 e. The van der Waals surface area contributed by atoms with Crippen molar-refractivity contribution in [3.8, 4) is 5.75 Å². The monoisotopic (exact) mass is 277 g/mol. The molecule has 0 aliphatic carbocycles. The average Bonchev–Trinajstić information content (AvgIpc) is 2.41. The number of hydrogen-bond donors (Lipinski definition) is 1. The second-order valence-corrected chi connectivity index (χ2v) is 4.42. The van der Waals surface area contributed by atoms with Crippen LogP contribution in [0.25, 0.3) is 0 Å². The van der Waals surface area contributed by atoms with E-state index in [1.165, 1.54) is 6.07 Å². The van der Waals surface area contributed by atoms with E-state index >= 15 is 0 Å². The van der Waals surface area contributed by atoms with Gasteiger partial charge in [-0.25, -0.2) is 4.79 Å². The molecule has 0 amide bonds. The van der Waals surface area contributed by atoms with Crippen LogP contribution in [-0.4, -0.2) is 16.1 Å². The molecule has 19 heavy (non-hydrogen) atoms. The van der Waals surface area contributed by atoms with Gasteiger partial charge < -0.3 is 9.84 Å². The molecule has 2 rings (SSSR count). The van der Waals surface area contributed by atoms with E-state index in [0.717, 1.165) is 5.56 Å². The molecule has 0 fully saturated rings. The number of carboxylic acid groups (broad SMARTS) is 1. The van der Waals surface area contributed by atoms with Crippen LogP contribution in [0.1, 0.15) is 28.9 Å². The first-order valence-corrected chi connectivity index (χ1v) is 6.05. The molecule has 5 heteroatoms. The van der Waals surface area contributed by atoms with Crippen molar-refractivity contribution in [1.29, 1.82) is 0 Å². The zero-order valence-corrected chi connectivity index (χ0v) is 11.0. The van der Waals surface area contributed by atoms with E-state index in [1.807, 2.05) is 19.1 Å². The normalized spacial score (nSPS) is 11.9. The fourth-order valence-electron chi connectivity index (χ4n) is 1.67. The number of carboxylic acids is 1. The minimum atomic E-state index is -1.07. The van der Waals surface area contributed by atoms with E-state index in [0.29, 0.717) is 10.8 Å². The average molecular weight is 278 g/mol. The van der Waals surface area contributed by atoms with Gasteiger partial charge in [-0.1, -0.05) is 11.6 Å². The van der Waals surface area contributed by atoms with Gasteiger partial charge in [0.2, 0.25) is 0 Å². The largest absolute Gasteiger partial charge is 0.485 e. The van der Waals surface area contributed by atoms with Crippen LogP contribution in [0.5, 0.6) is 5.75 Å². The van der Waals surface area contributed by atoms with Crippen molar-refractivity contribution in [1.82, 2.24) is 4.98 Å². The third kappa shape index (κ3) is 3.23. The Morgan fingerprint density at radius 3 is 2.63 bits per heavy atom. The molecule has 1 aromatic carbocycles. The fraction of sp³-hybridized carbons (Fsp3) is 0.143. The number of aromatic carboxylic acids is 1. The van der Waals surface area contributed by atoms with Gasteiger partial charge in [0, 0.05) is 17.4 Å². The minimum absolute atomic E-state index is 0.0495. The van der Waals surface area contributed by atoms with E-state index in [1.54, 1.807) is 24.5 Å². The summed E-state index contributed by atoms with van der Waals surface area (Å²) in [4.78, 5) is 15.1. The number of aromatic nitrogens is 1. The van der Waals surface area contributed by atoms with E-state index in [4.69, 9.17) is 21.4 Å². The summed E-state index contributed by atoms with van der Waals surface area (Å²) in [5.74, 6) is -0.777. The summed E-state index contributed by atoms with van der Waals surface area (Å²) in [6.07, 6.45) is 3.05. The summed E-state index contributed by atoms with van der Waals surface area (Å²) >= 11 is 5.79. The Hall–Kier alpha value is -2.07. The molecule has 2 aromatic rings. The smallest absolute Gasteiger partial charge is 0.339 e. The lowest BCUT2D eigenvalue weighted by Gasteiger charge is -2.16. The van der Waals surface area contributed by atoms with Gasteiger partial charge in [-0.05, 0) is 42.8 Å². The summed E-state index contributed by atoms with van der Waals surface area (Å²) in [6, 6.07) is 8.17. The Morgan fingerprint density at radius 2 is 2.00 bits per heavy atom. The summed E-state index contributed by atoms with van der Waals surface area (Å²) in [7, 11) is 0. The van der Waals surface area contributed by atoms with Crippen molar-refractivity contribution in [2.45, 2.75) is 13.0 Å². The molecule has 1 unspecified atom stereocenters. The topological polar surface area (TPSA) is 59.4 Å². The molecule has 1 heterocycles. The van der Waals surface area contributed by atoms with Gasteiger partial charge in [0.05, 0.1) is 0 Å². The number of hydrogen-bond acceptors (Lipinski definition) is 3. The van der Waals surface area contributed by atoms with Gasteiger partial charge in [-0.2, -0.15) is 0 Å². The van der Waals surface area contributed by atoms with Gasteiger partial charge in [0.1, 0.15) is 17.4 Å². The molecular formula is C14H12ClNO3. The first-order valence-electron chi connectivity index (χ1n) is 5.67. The van der Waals surface area contributed by atoms with Gasteiger partial charge in [-0.15, -0.1) is 0 Å².